The highest BCUT2D eigenvalue weighted by atomic mass is 79.9. The predicted molar refractivity (Wildman–Crippen MR) is 81.4 cm³/mol. The zero-order valence-corrected chi connectivity index (χ0v) is 12.7. The number of fused-ring (bicyclic) bond motifs is 1. The Morgan fingerprint density at radius 2 is 2.11 bits per heavy atom. The van der Waals surface area contributed by atoms with Gasteiger partial charge in [-0.05, 0) is 36.6 Å². The molecule has 2 N–H and O–H groups in total. The Balaban J connectivity index is 1.89. The Morgan fingerprint density at radius 1 is 1.26 bits per heavy atom. The van der Waals surface area contributed by atoms with Crippen LogP contribution in [-0.4, -0.2) is 25.3 Å². The molecule has 1 saturated heterocycles. The van der Waals surface area contributed by atoms with Crippen molar-refractivity contribution in [3.8, 4) is 0 Å². The number of rotatable bonds is 2. The van der Waals surface area contributed by atoms with E-state index in [0.717, 1.165) is 17.6 Å². The monoisotopic (exact) mass is 324 g/mol. The quantitative estimate of drug-likeness (QED) is 0.908. The third-order valence-electron chi connectivity index (χ3n) is 4.24. The van der Waals surface area contributed by atoms with Crippen LogP contribution >= 0.6 is 15.9 Å². The van der Waals surface area contributed by atoms with Crippen LogP contribution in [0.4, 0.5) is 5.69 Å². The average molecular weight is 325 g/mol. The largest absolute Gasteiger partial charge is 0.374 e. The molecule has 1 saturated carbocycles. The summed E-state index contributed by atoms with van der Waals surface area (Å²) < 4.78 is 7.06. The lowest BCUT2D eigenvalue weighted by Gasteiger charge is -2.45. The van der Waals surface area contributed by atoms with E-state index < -0.39 is 0 Å². The van der Waals surface area contributed by atoms with E-state index >= 15 is 0 Å². The molecule has 2 unspecified atom stereocenters. The van der Waals surface area contributed by atoms with Gasteiger partial charge in [-0.2, -0.15) is 0 Å². The highest BCUT2D eigenvalue weighted by Gasteiger charge is 2.34. The highest BCUT2D eigenvalue weighted by molar-refractivity contribution is 9.10. The number of nitrogens with two attached hydrogens (primary N) is 1. The number of benzene rings is 1. The van der Waals surface area contributed by atoms with Crippen LogP contribution in [0.2, 0.25) is 0 Å². The normalized spacial score (nSPS) is 27.2. The summed E-state index contributed by atoms with van der Waals surface area (Å²) in [5.41, 5.74) is 8.26. The van der Waals surface area contributed by atoms with Gasteiger partial charge in [-0.15, -0.1) is 0 Å². The molecule has 4 heteroatoms. The summed E-state index contributed by atoms with van der Waals surface area (Å²) in [5.74, 6) is 0. The van der Waals surface area contributed by atoms with Crippen LogP contribution in [-0.2, 0) is 11.3 Å². The molecule has 2 fully saturated rings. The fraction of sp³-hybridized carbons (Fsp3) is 0.600. The van der Waals surface area contributed by atoms with Crippen LogP contribution in [0.1, 0.15) is 31.2 Å². The number of hydrogen-bond acceptors (Lipinski definition) is 3. The maximum Gasteiger partial charge on any atom is 0.0779 e. The molecule has 0 radical (unpaired) electrons. The van der Waals surface area contributed by atoms with Crippen molar-refractivity contribution in [3.63, 3.8) is 0 Å². The number of halogens is 1. The number of hydrogen-bond donors (Lipinski definition) is 1. The predicted octanol–water partition coefficient (Wildman–Crippen LogP) is 3.06. The van der Waals surface area contributed by atoms with E-state index in [1.54, 1.807) is 0 Å². The van der Waals surface area contributed by atoms with Gasteiger partial charge in [-0.3, -0.25) is 0 Å². The van der Waals surface area contributed by atoms with Crippen LogP contribution in [0.5, 0.6) is 0 Å². The fourth-order valence-electron chi connectivity index (χ4n) is 3.33. The van der Waals surface area contributed by atoms with E-state index in [2.05, 4.69) is 39.0 Å². The maximum atomic E-state index is 5.94. The number of morpholine rings is 1. The van der Waals surface area contributed by atoms with Crippen LogP contribution < -0.4 is 10.6 Å². The lowest BCUT2D eigenvalue weighted by molar-refractivity contribution is -0.00868. The number of anilines is 1. The summed E-state index contributed by atoms with van der Waals surface area (Å²) in [6.45, 7) is 2.41. The van der Waals surface area contributed by atoms with Crippen LogP contribution in [0.25, 0.3) is 0 Å². The van der Waals surface area contributed by atoms with Crippen molar-refractivity contribution >= 4 is 21.6 Å². The van der Waals surface area contributed by atoms with Crippen LogP contribution in [0.3, 0.4) is 0 Å². The van der Waals surface area contributed by atoms with Crippen LogP contribution in [0, 0.1) is 0 Å². The molecule has 0 aromatic heterocycles. The van der Waals surface area contributed by atoms with Gasteiger partial charge in [-0.25, -0.2) is 0 Å². The molecule has 0 amide bonds. The van der Waals surface area contributed by atoms with E-state index in [0.29, 0.717) is 18.7 Å². The molecule has 1 aliphatic carbocycles. The van der Waals surface area contributed by atoms with Gasteiger partial charge in [0.05, 0.1) is 18.8 Å². The second-order valence-electron chi connectivity index (χ2n) is 5.48. The van der Waals surface area contributed by atoms with Crippen molar-refractivity contribution in [3.05, 3.63) is 28.2 Å². The zero-order valence-electron chi connectivity index (χ0n) is 11.1. The van der Waals surface area contributed by atoms with E-state index in [4.69, 9.17) is 10.5 Å². The van der Waals surface area contributed by atoms with Gasteiger partial charge in [0, 0.05) is 23.2 Å². The molecule has 2 atom stereocenters. The number of ether oxygens (including phenoxy) is 1. The van der Waals surface area contributed by atoms with Crippen molar-refractivity contribution in [1.29, 1.82) is 0 Å². The zero-order chi connectivity index (χ0) is 13.2. The first-order valence-electron chi connectivity index (χ1n) is 7.16. The molecule has 1 aliphatic heterocycles. The fourth-order valence-corrected chi connectivity index (χ4v) is 3.86. The Hall–Kier alpha value is -0.580. The maximum absolute atomic E-state index is 5.94. The van der Waals surface area contributed by atoms with Crippen molar-refractivity contribution in [2.45, 2.75) is 44.4 Å². The summed E-state index contributed by atoms with van der Waals surface area (Å²) in [6, 6.07) is 7.07. The second-order valence-corrected chi connectivity index (χ2v) is 6.39. The molecule has 1 aromatic rings. The summed E-state index contributed by atoms with van der Waals surface area (Å²) in [5, 5.41) is 0. The lowest BCUT2D eigenvalue weighted by atomic mass is 9.89. The first-order valence-corrected chi connectivity index (χ1v) is 7.95. The van der Waals surface area contributed by atoms with E-state index in [-0.39, 0.29) is 0 Å². The molecule has 104 valence electrons. The highest BCUT2D eigenvalue weighted by Crippen LogP contribution is 2.33. The topological polar surface area (TPSA) is 38.5 Å². The molecule has 3 rings (SSSR count). The SMILES string of the molecule is NCc1cc(Br)cc(N2CCOC3CCCCC32)c1. The van der Waals surface area contributed by atoms with E-state index in [1.165, 1.54) is 36.9 Å². The molecule has 3 nitrogen and oxygen atoms in total. The van der Waals surface area contributed by atoms with Crippen LogP contribution in [0.15, 0.2) is 22.7 Å². The second kappa shape index (κ2) is 5.81. The average Bonchev–Trinajstić information content (AvgIpc) is 2.46. The molecule has 1 aromatic carbocycles. The van der Waals surface area contributed by atoms with Gasteiger partial charge in [0.25, 0.3) is 0 Å². The third-order valence-corrected chi connectivity index (χ3v) is 4.70. The lowest BCUT2D eigenvalue weighted by Crippen LogP contribution is -2.52. The standard InChI is InChI=1S/C15H21BrN2O/c16-12-7-11(10-17)8-13(9-12)18-5-6-19-15-4-2-1-3-14(15)18/h7-9,14-15H,1-6,10,17H2. The first kappa shape index (κ1) is 13.4. The minimum atomic E-state index is 0.419. The van der Waals surface area contributed by atoms with E-state index in [9.17, 15) is 0 Å². The summed E-state index contributed by atoms with van der Waals surface area (Å²) in [4.78, 5) is 2.53. The minimum Gasteiger partial charge on any atom is -0.374 e. The van der Waals surface area contributed by atoms with E-state index in [1.807, 2.05) is 0 Å². The van der Waals surface area contributed by atoms with Gasteiger partial charge in [0.2, 0.25) is 0 Å². The Kier molecular flexibility index (Phi) is 4.10. The van der Waals surface area contributed by atoms with Gasteiger partial charge in [0.1, 0.15) is 0 Å². The molecule has 2 aliphatic rings. The van der Waals surface area contributed by atoms with Crippen molar-refractivity contribution in [2.24, 2.45) is 5.73 Å². The summed E-state index contributed by atoms with van der Waals surface area (Å²) in [6.07, 6.45) is 5.50. The van der Waals surface area contributed by atoms with Gasteiger partial charge in [-0.1, -0.05) is 28.8 Å². The smallest absolute Gasteiger partial charge is 0.0779 e. The molecular formula is C15H21BrN2O. The number of nitrogens with zero attached hydrogens (tertiary/aromatic N) is 1. The van der Waals surface area contributed by atoms with Crippen molar-refractivity contribution in [1.82, 2.24) is 0 Å². The van der Waals surface area contributed by atoms with Crippen molar-refractivity contribution < 1.29 is 4.74 Å². The summed E-state index contributed by atoms with van der Waals surface area (Å²) in [7, 11) is 0. The third kappa shape index (κ3) is 2.81. The molecule has 19 heavy (non-hydrogen) atoms. The summed E-state index contributed by atoms with van der Waals surface area (Å²) >= 11 is 3.59. The Morgan fingerprint density at radius 3 is 2.95 bits per heavy atom. The molecular weight excluding hydrogens is 304 g/mol. The first-order chi connectivity index (χ1) is 9.28. The Labute approximate surface area is 123 Å². The molecule has 0 spiro atoms. The minimum absolute atomic E-state index is 0.419. The van der Waals surface area contributed by atoms with Gasteiger partial charge >= 0.3 is 0 Å². The van der Waals surface area contributed by atoms with Crippen molar-refractivity contribution in [2.75, 3.05) is 18.1 Å². The Bertz CT molecular complexity index is 450. The van der Waals surface area contributed by atoms with Gasteiger partial charge < -0.3 is 15.4 Å². The molecule has 0 bridgehead atoms. The molecule has 1 heterocycles. The van der Waals surface area contributed by atoms with Gasteiger partial charge in [0.15, 0.2) is 0 Å².